The molecule has 1 aromatic heterocycles. The molecule has 1 saturated carbocycles. The molecule has 1 aliphatic rings. The number of amides is 1. The fraction of sp³-hybridized carbons (Fsp3) is 0.417. The molecule has 5 nitrogen and oxygen atoms in total. The molecule has 0 saturated heterocycles. The van der Waals surface area contributed by atoms with Gasteiger partial charge in [-0.3, -0.25) is 14.6 Å². The van der Waals surface area contributed by atoms with Gasteiger partial charge < -0.3 is 10.1 Å². The molecule has 1 fully saturated rings. The molecule has 2 rings (SSSR count). The van der Waals surface area contributed by atoms with Crippen LogP contribution in [0.1, 0.15) is 16.8 Å². The van der Waals surface area contributed by atoms with Crippen LogP contribution >= 0.6 is 23.2 Å². The maximum absolute atomic E-state index is 11.6. The average molecular weight is 303 g/mol. The van der Waals surface area contributed by atoms with Crippen molar-refractivity contribution in [1.29, 1.82) is 0 Å². The van der Waals surface area contributed by atoms with Crippen molar-refractivity contribution >= 4 is 35.1 Å². The van der Waals surface area contributed by atoms with Crippen LogP contribution in [0, 0.1) is 5.92 Å². The van der Waals surface area contributed by atoms with Crippen molar-refractivity contribution in [2.45, 2.75) is 10.8 Å². The summed E-state index contributed by atoms with van der Waals surface area (Å²) in [6.07, 6.45) is 3.48. The number of pyridine rings is 1. The smallest absolute Gasteiger partial charge is 0.312 e. The summed E-state index contributed by atoms with van der Waals surface area (Å²) < 4.78 is 3.98. The number of alkyl halides is 2. The molecule has 1 N–H and O–H groups in total. The van der Waals surface area contributed by atoms with Gasteiger partial charge in [0.1, 0.15) is 10.9 Å². The van der Waals surface area contributed by atoms with E-state index >= 15 is 0 Å². The van der Waals surface area contributed by atoms with E-state index in [-0.39, 0.29) is 19.1 Å². The number of carbonyl (C=O) groups is 2. The lowest BCUT2D eigenvalue weighted by Crippen LogP contribution is -2.28. The molecule has 0 spiro atoms. The van der Waals surface area contributed by atoms with Gasteiger partial charge in [0, 0.05) is 18.0 Å². The Morgan fingerprint density at radius 1 is 1.42 bits per heavy atom. The minimum absolute atomic E-state index is 0.0933. The zero-order chi connectivity index (χ0) is 13.9. The number of carbonyl (C=O) groups excluding carboxylic acids is 2. The van der Waals surface area contributed by atoms with Gasteiger partial charge in [-0.25, -0.2) is 0 Å². The zero-order valence-corrected chi connectivity index (χ0v) is 11.4. The molecule has 0 radical (unpaired) electrons. The van der Waals surface area contributed by atoms with Crippen molar-refractivity contribution < 1.29 is 14.3 Å². The summed E-state index contributed by atoms with van der Waals surface area (Å²) >= 11 is 11.5. The monoisotopic (exact) mass is 302 g/mol. The molecule has 1 aliphatic carbocycles. The van der Waals surface area contributed by atoms with Crippen molar-refractivity contribution in [3.8, 4) is 0 Å². The number of nitrogens with one attached hydrogen (secondary N) is 1. The van der Waals surface area contributed by atoms with Crippen LogP contribution < -0.4 is 5.32 Å². The molecule has 1 aromatic rings. The van der Waals surface area contributed by atoms with Gasteiger partial charge in [0.2, 0.25) is 0 Å². The van der Waals surface area contributed by atoms with E-state index in [9.17, 15) is 9.59 Å². The highest BCUT2D eigenvalue weighted by Crippen LogP contribution is 2.53. The van der Waals surface area contributed by atoms with E-state index in [1.54, 1.807) is 12.1 Å². The standard InChI is InChI=1S/C12H12Cl2N2O3/c13-12(14)7-9(12)11(18)19-6-5-16-10(17)8-1-3-15-4-2-8/h1-4,9H,5-7H2,(H,16,17). The van der Waals surface area contributed by atoms with Gasteiger partial charge in [0.05, 0.1) is 12.5 Å². The first-order valence-electron chi connectivity index (χ1n) is 5.73. The number of esters is 1. The molecule has 1 unspecified atom stereocenters. The normalized spacial score (nSPS) is 19.6. The molecular formula is C12H12Cl2N2O3. The van der Waals surface area contributed by atoms with Crippen LogP contribution in [0.3, 0.4) is 0 Å². The molecule has 19 heavy (non-hydrogen) atoms. The highest BCUT2D eigenvalue weighted by molar-refractivity contribution is 6.52. The van der Waals surface area contributed by atoms with Crippen molar-refractivity contribution in [1.82, 2.24) is 10.3 Å². The predicted octanol–water partition coefficient (Wildman–Crippen LogP) is 1.55. The van der Waals surface area contributed by atoms with Crippen LogP contribution in [0.4, 0.5) is 0 Å². The largest absolute Gasteiger partial charge is 0.464 e. The summed E-state index contributed by atoms with van der Waals surface area (Å²) in [6, 6.07) is 3.20. The first-order valence-corrected chi connectivity index (χ1v) is 6.49. The van der Waals surface area contributed by atoms with E-state index in [0.29, 0.717) is 12.0 Å². The van der Waals surface area contributed by atoms with Crippen molar-refractivity contribution in [2.24, 2.45) is 5.92 Å². The topological polar surface area (TPSA) is 68.3 Å². The Hall–Kier alpha value is -1.33. The molecule has 0 aliphatic heterocycles. The molecule has 1 amide bonds. The van der Waals surface area contributed by atoms with Crippen LogP contribution in [-0.4, -0.2) is 34.3 Å². The van der Waals surface area contributed by atoms with Crippen LogP contribution in [-0.2, 0) is 9.53 Å². The number of ether oxygens (including phenoxy) is 1. The first-order chi connectivity index (χ1) is 9.00. The van der Waals surface area contributed by atoms with Crippen molar-refractivity contribution in [3.63, 3.8) is 0 Å². The Bertz CT molecular complexity index is 479. The molecule has 1 heterocycles. The van der Waals surface area contributed by atoms with Gasteiger partial charge >= 0.3 is 5.97 Å². The quantitative estimate of drug-likeness (QED) is 0.509. The molecule has 1 atom stereocenters. The van der Waals surface area contributed by atoms with Gasteiger partial charge in [-0.2, -0.15) is 0 Å². The fourth-order valence-electron chi connectivity index (χ4n) is 1.49. The number of hydrogen-bond donors (Lipinski definition) is 1. The molecule has 0 aromatic carbocycles. The lowest BCUT2D eigenvalue weighted by Gasteiger charge is -2.06. The third kappa shape index (κ3) is 3.81. The second-order valence-corrected chi connectivity index (χ2v) is 5.72. The van der Waals surface area contributed by atoms with Crippen LogP contribution in [0.2, 0.25) is 0 Å². The minimum Gasteiger partial charge on any atom is -0.464 e. The maximum atomic E-state index is 11.6. The van der Waals surface area contributed by atoms with Gasteiger partial charge in [-0.1, -0.05) is 0 Å². The minimum atomic E-state index is -0.975. The van der Waals surface area contributed by atoms with Crippen LogP contribution in [0.5, 0.6) is 0 Å². The highest BCUT2D eigenvalue weighted by atomic mass is 35.5. The molecule has 102 valence electrons. The maximum Gasteiger partial charge on any atom is 0.312 e. The van der Waals surface area contributed by atoms with E-state index in [0.717, 1.165) is 0 Å². The SMILES string of the molecule is O=C(NCCOC(=O)C1CC1(Cl)Cl)c1ccncc1. The first kappa shape index (κ1) is 14.1. The second-order valence-electron chi connectivity index (χ2n) is 4.18. The highest BCUT2D eigenvalue weighted by Gasteiger charge is 2.57. The number of aromatic nitrogens is 1. The molecule has 0 bridgehead atoms. The Labute approximate surface area is 120 Å². The fourth-order valence-corrected chi connectivity index (χ4v) is 1.98. The number of hydrogen-bond acceptors (Lipinski definition) is 4. The summed E-state index contributed by atoms with van der Waals surface area (Å²) in [7, 11) is 0. The van der Waals surface area contributed by atoms with Gasteiger partial charge in [0.25, 0.3) is 5.91 Å². The number of rotatable bonds is 5. The summed E-state index contributed by atoms with van der Waals surface area (Å²) in [6.45, 7) is 0.327. The third-order valence-electron chi connectivity index (χ3n) is 2.68. The Balaban J connectivity index is 1.65. The van der Waals surface area contributed by atoms with E-state index < -0.39 is 16.2 Å². The lowest BCUT2D eigenvalue weighted by atomic mass is 10.2. The molecule has 7 heteroatoms. The Morgan fingerprint density at radius 3 is 2.63 bits per heavy atom. The summed E-state index contributed by atoms with van der Waals surface area (Å²) in [5.74, 6) is -1.12. The summed E-state index contributed by atoms with van der Waals surface area (Å²) in [4.78, 5) is 26.9. The Morgan fingerprint density at radius 2 is 2.05 bits per heavy atom. The third-order valence-corrected chi connectivity index (χ3v) is 3.52. The zero-order valence-electron chi connectivity index (χ0n) is 9.94. The Kier molecular flexibility index (Phi) is 4.27. The number of halogens is 2. The predicted molar refractivity (Wildman–Crippen MR) is 70.1 cm³/mol. The second kappa shape index (κ2) is 5.75. The van der Waals surface area contributed by atoms with E-state index in [2.05, 4.69) is 10.3 Å². The van der Waals surface area contributed by atoms with E-state index in [1.807, 2.05) is 0 Å². The van der Waals surface area contributed by atoms with E-state index in [1.165, 1.54) is 12.4 Å². The van der Waals surface area contributed by atoms with E-state index in [4.69, 9.17) is 27.9 Å². The van der Waals surface area contributed by atoms with Gasteiger partial charge in [0.15, 0.2) is 0 Å². The molecular weight excluding hydrogens is 291 g/mol. The van der Waals surface area contributed by atoms with Gasteiger partial charge in [-0.05, 0) is 18.6 Å². The lowest BCUT2D eigenvalue weighted by molar-refractivity contribution is -0.145. The van der Waals surface area contributed by atoms with Crippen LogP contribution in [0.15, 0.2) is 24.5 Å². The summed E-state index contributed by atoms with van der Waals surface area (Å²) in [5.41, 5.74) is 0.504. The average Bonchev–Trinajstić information content (AvgIpc) is 3.04. The number of nitrogens with zero attached hydrogens (tertiary/aromatic N) is 1. The van der Waals surface area contributed by atoms with Gasteiger partial charge in [-0.15, -0.1) is 23.2 Å². The summed E-state index contributed by atoms with van der Waals surface area (Å²) in [5, 5.41) is 2.62. The van der Waals surface area contributed by atoms with Crippen molar-refractivity contribution in [3.05, 3.63) is 30.1 Å². The van der Waals surface area contributed by atoms with Crippen LogP contribution in [0.25, 0.3) is 0 Å². The van der Waals surface area contributed by atoms with Crippen molar-refractivity contribution in [2.75, 3.05) is 13.2 Å².